The summed E-state index contributed by atoms with van der Waals surface area (Å²) in [4.78, 5) is 12.1. The highest BCUT2D eigenvalue weighted by atomic mass is 16.5. The Morgan fingerprint density at radius 1 is 1.26 bits per heavy atom. The minimum atomic E-state index is -0.116. The van der Waals surface area contributed by atoms with Crippen molar-refractivity contribution < 1.29 is 14.6 Å². The lowest BCUT2D eigenvalue weighted by Gasteiger charge is -2.30. The van der Waals surface area contributed by atoms with Crippen molar-refractivity contribution in [3.63, 3.8) is 0 Å². The lowest BCUT2D eigenvalue weighted by atomic mass is 9.85. The van der Waals surface area contributed by atoms with E-state index >= 15 is 0 Å². The number of urea groups is 1. The number of methoxy groups -OCH3 is 1. The Morgan fingerprint density at radius 2 is 2.00 bits per heavy atom. The van der Waals surface area contributed by atoms with Crippen molar-refractivity contribution in [2.45, 2.75) is 31.7 Å². The van der Waals surface area contributed by atoms with Crippen LogP contribution in [0.25, 0.3) is 0 Å². The Kier molecular flexibility index (Phi) is 5.06. The van der Waals surface area contributed by atoms with E-state index in [0.29, 0.717) is 18.4 Å². The number of hydrogen-bond acceptors (Lipinski definition) is 3. The summed E-state index contributed by atoms with van der Waals surface area (Å²) >= 11 is 0. The number of aliphatic hydroxyl groups excluding tert-OH is 1. The molecule has 23 heavy (non-hydrogen) atoms. The van der Waals surface area contributed by atoms with Gasteiger partial charge in [-0.1, -0.05) is 12.1 Å². The molecule has 2 bridgehead atoms. The fraction of sp³-hybridized carbons (Fsp3) is 0.611. The van der Waals surface area contributed by atoms with Crippen LogP contribution in [0.4, 0.5) is 4.79 Å². The van der Waals surface area contributed by atoms with E-state index in [1.807, 2.05) is 24.3 Å². The van der Waals surface area contributed by atoms with E-state index in [1.54, 1.807) is 7.11 Å². The van der Waals surface area contributed by atoms with E-state index in [4.69, 9.17) is 4.74 Å². The first kappa shape index (κ1) is 16.1. The number of fused-ring (bicyclic) bond motifs is 2. The number of nitrogens with one attached hydrogen (secondary N) is 2. The first-order valence-electron chi connectivity index (χ1n) is 8.49. The van der Waals surface area contributed by atoms with Gasteiger partial charge in [-0.2, -0.15) is 0 Å². The molecule has 126 valence electrons. The highest BCUT2D eigenvalue weighted by molar-refractivity contribution is 5.74. The predicted octanol–water partition coefficient (Wildman–Crippen LogP) is 1.94. The maximum Gasteiger partial charge on any atom is 0.315 e. The van der Waals surface area contributed by atoms with Gasteiger partial charge in [-0.3, -0.25) is 0 Å². The standard InChI is InChI=1S/C18H26N2O3/c1-23-15-6-2-12(3-7-15)8-9-19-18(22)20-17-14-5-4-13(10-14)16(17)11-21/h2-3,6-7,13-14,16-17,21H,4-5,8-11H2,1H3,(H2,19,20,22). The van der Waals surface area contributed by atoms with Crippen molar-refractivity contribution in [3.8, 4) is 5.75 Å². The minimum absolute atomic E-state index is 0.116. The number of aliphatic hydroxyl groups is 1. The minimum Gasteiger partial charge on any atom is -0.497 e. The number of hydrogen-bond donors (Lipinski definition) is 3. The van der Waals surface area contributed by atoms with E-state index in [2.05, 4.69) is 10.6 Å². The Hall–Kier alpha value is -1.75. The average Bonchev–Trinajstić information content (AvgIpc) is 3.16. The largest absolute Gasteiger partial charge is 0.497 e. The first-order valence-corrected chi connectivity index (χ1v) is 8.49. The summed E-state index contributed by atoms with van der Waals surface area (Å²) in [6, 6.07) is 7.90. The third-order valence-electron chi connectivity index (χ3n) is 5.46. The van der Waals surface area contributed by atoms with Crippen LogP contribution >= 0.6 is 0 Å². The predicted molar refractivity (Wildman–Crippen MR) is 88.4 cm³/mol. The van der Waals surface area contributed by atoms with Crippen LogP contribution in [-0.4, -0.2) is 37.4 Å². The molecule has 3 N–H and O–H groups in total. The van der Waals surface area contributed by atoms with Crippen LogP contribution in [0.15, 0.2) is 24.3 Å². The lowest BCUT2D eigenvalue weighted by Crippen LogP contribution is -2.49. The van der Waals surface area contributed by atoms with Gasteiger partial charge >= 0.3 is 6.03 Å². The lowest BCUT2D eigenvalue weighted by molar-refractivity contribution is 0.144. The summed E-state index contributed by atoms with van der Waals surface area (Å²) in [5.41, 5.74) is 1.17. The van der Waals surface area contributed by atoms with Gasteiger partial charge in [0.2, 0.25) is 0 Å². The van der Waals surface area contributed by atoms with Gasteiger partial charge in [0.1, 0.15) is 5.75 Å². The van der Waals surface area contributed by atoms with Gasteiger partial charge in [0.05, 0.1) is 7.11 Å². The number of amides is 2. The number of ether oxygens (including phenoxy) is 1. The Balaban J connectivity index is 1.42. The monoisotopic (exact) mass is 318 g/mol. The number of carbonyl (C=O) groups is 1. The zero-order chi connectivity index (χ0) is 16.2. The molecule has 4 unspecified atom stereocenters. The van der Waals surface area contributed by atoms with Crippen molar-refractivity contribution in [3.05, 3.63) is 29.8 Å². The van der Waals surface area contributed by atoms with E-state index in [0.717, 1.165) is 18.6 Å². The zero-order valence-corrected chi connectivity index (χ0v) is 13.6. The second kappa shape index (κ2) is 7.21. The van der Waals surface area contributed by atoms with Crippen LogP contribution in [0, 0.1) is 17.8 Å². The fourth-order valence-corrected chi connectivity index (χ4v) is 4.21. The Bertz CT molecular complexity index is 532. The summed E-state index contributed by atoms with van der Waals surface area (Å²) in [6.45, 7) is 0.779. The molecular formula is C18H26N2O3. The smallest absolute Gasteiger partial charge is 0.315 e. The van der Waals surface area contributed by atoms with Gasteiger partial charge in [-0.25, -0.2) is 4.79 Å². The molecule has 5 nitrogen and oxygen atoms in total. The average molecular weight is 318 g/mol. The van der Waals surface area contributed by atoms with Gasteiger partial charge in [0, 0.05) is 25.1 Å². The molecule has 2 aliphatic carbocycles. The molecule has 0 aromatic heterocycles. The van der Waals surface area contributed by atoms with Gasteiger partial charge in [-0.05, 0) is 55.2 Å². The number of benzene rings is 1. The highest BCUT2D eigenvalue weighted by Crippen LogP contribution is 2.48. The Morgan fingerprint density at radius 3 is 2.70 bits per heavy atom. The molecule has 0 saturated heterocycles. The van der Waals surface area contributed by atoms with Crippen molar-refractivity contribution in [1.29, 1.82) is 0 Å². The van der Waals surface area contributed by atoms with Crippen molar-refractivity contribution in [2.75, 3.05) is 20.3 Å². The normalized spacial score (nSPS) is 28.6. The van der Waals surface area contributed by atoms with E-state index < -0.39 is 0 Å². The summed E-state index contributed by atoms with van der Waals surface area (Å²) < 4.78 is 5.13. The van der Waals surface area contributed by atoms with Crippen LogP contribution in [0.1, 0.15) is 24.8 Å². The van der Waals surface area contributed by atoms with E-state index in [-0.39, 0.29) is 24.6 Å². The zero-order valence-electron chi connectivity index (χ0n) is 13.6. The number of carbonyl (C=O) groups excluding carboxylic acids is 1. The quantitative estimate of drug-likeness (QED) is 0.751. The molecule has 5 heteroatoms. The molecule has 2 fully saturated rings. The Labute approximate surface area is 137 Å². The molecule has 2 aliphatic rings. The van der Waals surface area contributed by atoms with Crippen molar-refractivity contribution >= 4 is 6.03 Å². The third kappa shape index (κ3) is 3.61. The topological polar surface area (TPSA) is 70.6 Å². The summed E-state index contributed by atoms with van der Waals surface area (Å²) in [5, 5.41) is 15.6. The van der Waals surface area contributed by atoms with Gasteiger partial charge in [0.25, 0.3) is 0 Å². The second-order valence-electron chi connectivity index (χ2n) is 6.70. The molecule has 0 radical (unpaired) electrons. The molecule has 0 heterocycles. The summed E-state index contributed by atoms with van der Waals surface area (Å²) in [5.74, 6) is 2.21. The molecular weight excluding hydrogens is 292 g/mol. The van der Waals surface area contributed by atoms with Crippen LogP contribution < -0.4 is 15.4 Å². The van der Waals surface area contributed by atoms with Gasteiger partial charge in [0.15, 0.2) is 0 Å². The SMILES string of the molecule is COc1ccc(CCNC(=O)NC2C3CCC(C3)C2CO)cc1. The van der Waals surface area contributed by atoms with Crippen LogP contribution in [0.5, 0.6) is 5.75 Å². The molecule has 0 aliphatic heterocycles. The third-order valence-corrected chi connectivity index (χ3v) is 5.46. The maximum absolute atomic E-state index is 12.1. The summed E-state index contributed by atoms with van der Waals surface area (Å²) in [7, 11) is 1.65. The maximum atomic E-state index is 12.1. The second-order valence-corrected chi connectivity index (χ2v) is 6.70. The van der Waals surface area contributed by atoms with Gasteiger partial charge < -0.3 is 20.5 Å². The van der Waals surface area contributed by atoms with Crippen LogP contribution in [0.2, 0.25) is 0 Å². The van der Waals surface area contributed by atoms with Gasteiger partial charge in [-0.15, -0.1) is 0 Å². The number of rotatable bonds is 6. The molecule has 0 spiro atoms. The fourth-order valence-electron chi connectivity index (χ4n) is 4.21. The first-order chi connectivity index (χ1) is 11.2. The van der Waals surface area contributed by atoms with Crippen molar-refractivity contribution in [2.24, 2.45) is 17.8 Å². The molecule has 2 saturated carbocycles. The molecule has 1 aromatic rings. The molecule has 1 aromatic carbocycles. The van der Waals surface area contributed by atoms with Crippen LogP contribution in [0.3, 0.4) is 0 Å². The van der Waals surface area contributed by atoms with E-state index in [1.165, 1.54) is 18.4 Å². The van der Waals surface area contributed by atoms with E-state index in [9.17, 15) is 9.90 Å². The summed E-state index contributed by atoms with van der Waals surface area (Å²) in [6.07, 6.45) is 4.32. The highest BCUT2D eigenvalue weighted by Gasteiger charge is 2.47. The molecule has 2 amide bonds. The molecule has 4 atom stereocenters. The van der Waals surface area contributed by atoms with Crippen molar-refractivity contribution in [1.82, 2.24) is 10.6 Å². The van der Waals surface area contributed by atoms with Crippen LogP contribution in [-0.2, 0) is 6.42 Å². The molecule has 3 rings (SSSR count).